The molecule has 1 unspecified atom stereocenters. The van der Waals surface area contributed by atoms with Gasteiger partial charge in [-0.1, -0.05) is 56.3 Å². The molecule has 4 heteroatoms. The number of pyridine rings is 1. The standard InChI is InChI=1S/C24H26N2O2/c1-17(2)21-10-9-18(3)15-22(21)28-16-23(27)26-24(19-7-5-4-6-8-19)20-11-13-25-14-12-20/h4-15,17,24H,16H2,1-3H3,(H,26,27). The number of nitrogens with zero attached hydrogens (tertiary/aromatic N) is 1. The predicted molar refractivity (Wildman–Crippen MR) is 111 cm³/mol. The summed E-state index contributed by atoms with van der Waals surface area (Å²) in [4.78, 5) is 16.8. The van der Waals surface area contributed by atoms with E-state index in [1.54, 1.807) is 12.4 Å². The van der Waals surface area contributed by atoms with E-state index in [0.29, 0.717) is 5.92 Å². The summed E-state index contributed by atoms with van der Waals surface area (Å²) in [7, 11) is 0. The van der Waals surface area contributed by atoms with Gasteiger partial charge in [0.2, 0.25) is 0 Å². The van der Waals surface area contributed by atoms with Crippen molar-refractivity contribution >= 4 is 5.91 Å². The summed E-state index contributed by atoms with van der Waals surface area (Å²) in [5.74, 6) is 0.930. The van der Waals surface area contributed by atoms with Gasteiger partial charge < -0.3 is 10.1 Å². The fraction of sp³-hybridized carbons (Fsp3) is 0.250. The maximum atomic E-state index is 12.7. The number of hydrogen-bond acceptors (Lipinski definition) is 3. The molecule has 3 aromatic rings. The topological polar surface area (TPSA) is 51.2 Å². The zero-order valence-electron chi connectivity index (χ0n) is 16.6. The van der Waals surface area contributed by atoms with Gasteiger partial charge in [-0.15, -0.1) is 0 Å². The maximum Gasteiger partial charge on any atom is 0.258 e. The van der Waals surface area contributed by atoms with Crippen molar-refractivity contribution < 1.29 is 9.53 Å². The summed E-state index contributed by atoms with van der Waals surface area (Å²) in [5.41, 5.74) is 4.21. The molecule has 0 bridgehead atoms. The molecule has 1 N–H and O–H groups in total. The van der Waals surface area contributed by atoms with E-state index >= 15 is 0 Å². The molecular weight excluding hydrogens is 348 g/mol. The van der Waals surface area contributed by atoms with Crippen molar-refractivity contribution in [2.45, 2.75) is 32.7 Å². The molecule has 2 aromatic carbocycles. The summed E-state index contributed by atoms with van der Waals surface area (Å²) < 4.78 is 5.89. The Morgan fingerprint density at radius 2 is 1.68 bits per heavy atom. The van der Waals surface area contributed by atoms with E-state index in [1.165, 1.54) is 0 Å². The molecule has 0 saturated heterocycles. The van der Waals surface area contributed by atoms with Gasteiger partial charge in [0.25, 0.3) is 5.91 Å². The molecule has 1 aromatic heterocycles. The molecule has 0 fully saturated rings. The van der Waals surface area contributed by atoms with E-state index in [-0.39, 0.29) is 18.6 Å². The highest BCUT2D eigenvalue weighted by atomic mass is 16.5. The highest BCUT2D eigenvalue weighted by Gasteiger charge is 2.17. The van der Waals surface area contributed by atoms with Gasteiger partial charge in [0.15, 0.2) is 6.61 Å². The monoisotopic (exact) mass is 374 g/mol. The average Bonchev–Trinajstić information content (AvgIpc) is 2.71. The molecule has 144 valence electrons. The lowest BCUT2D eigenvalue weighted by Crippen LogP contribution is -2.33. The van der Waals surface area contributed by atoms with Gasteiger partial charge in [0, 0.05) is 12.4 Å². The van der Waals surface area contributed by atoms with Gasteiger partial charge in [-0.3, -0.25) is 9.78 Å². The number of hydrogen-bond donors (Lipinski definition) is 1. The Hall–Kier alpha value is -3.14. The predicted octanol–water partition coefficient (Wildman–Crippen LogP) is 4.80. The van der Waals surface area contributed by atoms with Crippen LogP contribution in [0, 0.1) is 6.92 Å². The first-order valence-corrected chi connectivity index (χ1v) is 9.52. The Bertz CT molecular complexity index is 869. The molecule has 28 heavy (non-hydrogen) atoms. The number of nitrogens with one attached hydrogen (secondary N) is 1. The Morgan fingerprint density at radius 1 is 1.00 bits per heavy atom. The number of carbonyl (C=O) groups excluding carboxylic acids is 1. The van der Waals surface area contributed by atoms with Crippen LogP contribution in [0.15, 0.2) is 73.1 Å². The van der Waals surface area contributed by atoms with Crippen LogP contribution >= 0.6 is 0 Å². The van der Waals surface area contributed by atoms with Crippen molar-refractivity contribution in [2.24, 2.45) is 0 Å². The minimum atomic E-state index is -0.248. The summed E-state index contributed by atoms with van der Waals surface area (Å²) >= 11 is 0. The number of amides is 1. The van der Waals surface area contributed by atoms with E-state index < -0.39 is 0 Å². The second-order valence-corrected chi connectivity index (χ2v) is 7.18. The van der Waals surface area contributed by atoms with Gasteiger partial charge >= 0.3 is 0 Å². The molecule has 1 amide bonds. The number of carbonyl (C=O) groups is 1. The third-order valence-corrected chi connectivity index (χ3v) is 4.63. The average molecular weight is 374 g/mol. The molecule has 0 saturated carbocycles. The number of benzene rings is 2. The normalized spacial score (nSPS) is 11.9. The lowest BCUT2D eigenvalue weighted by Gasteiger charge is -2.20. The van der Waals surface area contributed by atoms with E-state index in [1.807, 2.05) is 55.5 Å². The van der Waals surface area contributed by atoms with Crippen molar-refractivity contribution in [1.82, 2.24) is 10.3 Å². The van der Waals surface area contributed by atoms with Crippen LogP contribution in [-0.4, -0.2) is 17.5 Å². The first-order valence-electron chi connectivity index (χ1n) is 9.52. The molecule has 0 spiro atoms. The van der Waals surface area contributed by atoms with Crippen molar-refractivity contribution in [3.05, 3.63) is 95.3 Å². The van der Waals surface area contributed by atoms with Crippen LogP contribution in [0.5, 0.6) is 5.75 Å². The van der Waals surface area contributed by atoms with Crippen LogP contribution in [-0.2, 0) is 4.79 Å². The van der Waals surface area contributed by atoms with Gasteiger partial charge in [0.05, 0.1) is 6.04 Å². The van der Waals surface area contributed by atoms with E-state index in [2.05, 4.69) is 36.3 Å². The molecule has 0 aliphatic heterocycles. The van der Waals surface area contributed by atoms with Crippen LogP contribution in [0.2, 0.25) is 0 Å². The van der Waals surface area contributed by atoms with Gasteiger partial charge in [-0.25, -0.2) is 0 Å². The minimum Gasteiger partial charge on any atom is -0.483 e. The molecular formula is C24H26N2O2. The third-order valence-electron chi connectivity index (χ3n) is 4.63. The number of aromatic nitrogens is 1. The smallest absolute Gasteiger partial charge is 0.258 e. The molecule has 1 heterocycles. The van der Waals surface area contributed by atoms with Crippen LogP contribution in [0.3, 0.4) is 0 Å². The summed E-state index contributed by atoms with van der Waals surface area (Å²) in [5, 5.41) is 3.09. The van der Waals surface area contributed by atoms with Crippen molar-refractivity contribution in [2.75, 3.05) is 6.61 Å². The molecule has 0 aliphatic rings. The Labute approximate surface area is 166 Å². The lowest BCUT2D eigenvalue weighted by molar-refractivity contribution is -0.123. The summed E-state index contributed by atoms with van der Waals surface area (Å²) in [6.45, 7) is 6.22. The van der Waals surface area contributed by atoms with Crippen molar-refractivity contribution in [1.29, 1.82) is 0 Å². The first-order chi connectivity index (χ1) is 13.5. The van der Waals surface area contributed by atoms with E-state index in [0.717, 1.165) is 28.0 Å². The molecule has 1 atom stereocenters. The van der Waals surface area contributed by atoms with Crippen LogP contribution in [0.1, 0.15) is 48.1 Å². The fourth-order valence-electron chi connectivity index (χ4n) is 3.15. The van der Waals surface area contributed by atoms with E-state index in [4.69, 9.17) is 4.74 Å². The zero-order chi connectivity index (χ0) is 19.9. The quantitative estimate of drug-likeness (QED) is 0.646. The lowest BCUT2D eigenvalue weighted by atomic mass is 9.99. The molecule has 0 aliphatic carbocycles. The molecule has 3 rings (SSSR count). The second kappa shape index (κ2) is 9.18. The van der Waals surface area contributed by atoms with Crippen LogP contribution in [0.25, 0.3) is 0 Å². The highest BCUT2D eigenvalue weighted by molar-refractivity contribution is 5.78. The van der Waals surface area contributed by atoms with Gasteiger partial charge in [-0.05, 0) is 53.3 Å². The Morgan fingerprint density at radius 3 is 2.36 bits per heavy atom. The largest absolute Gasteiger partial charge is 0.483 e. The highest BCUT2D eigenvalue weighted by Crippen LogP contribution is 2.27. The Kier molecular flexibility index (Phi) is 6.43. The first kappa shape index (κ1) is 19.6. The zero-order valence-corrected chi connectivity index (χ0v) is 16.6. The molecule has 4 nitrogen and oxygen atoms in total. The van der Waals surface area contributed by atoms with Gasteiger partial charge in [-0.2, -0.15) is 0 Å². The summed E-state index contributed by atoms with van der Waals surface area (Å²) in [6.07, 6.45) is 3.46. The Balaban J connectivity index is 1.74. The van der Waals surface area contributed by atoms with Crippen molar-refractivity contribution in [3.8, 4) is 5.75 Å². The van der Waals surface area contributed by atoms with Crippen LogP contribution < -0.4 is 10.1 Å². The molecule has 0 radical (unpaired) electrons. The summed E-state index contributed by atoms with van der Waals surface area (Å²) in [6, 6.07) is 19.6. The SMILES string of the molecule is Cc1ccc(C(C)C)c(OCC(=O)NC(c2ccccc2)c2ccncc2)c1. The third kappa shape index (κ3) is 4.97. The van der Waals surface area contributed by atoms with Crippen molar-refractivity contribution in [3.63, 3.8) is 0 Å². The fourth-order valence-corrected chi connectivity index (χ4v) is 3.15. The number of ether oxygens (including phenoxy) is 1. The number of aryl methyl sites for hydroxylation is 1. The maximum absolute atomic E-state index is 12.7. The minimum absolute atomic E-state index is 0.0302. The second-order valence-electron chi connectivity index (χ2n) is 7.18. The van der Waals surface area contributed by atoms with Crippen LogP contribution in [0.4, 0.5) is 0 Å². The van der Waals surface area contributed by atoms with E-state index in [9.17, 15) is 4.79 Å². The van der Waals surface area contributed by atoms with Gasteiger partial charge in [0.1, 0.15) is 5.75 Å². The number of rotatable bonds is 7.